The highest BCUT2D eigenvalue weighted by Crippen LogP contribution is 2.29. The molecule has 1 aromatic carbocycles. The first-order valence-electron chi connectivity index (χ1n) is 7.00. The van der Waals surface area contributed by atoms with Gasteiger partial charge in [-0.05, 0) is 19.1 Å². The monoisotopic (exact) mass is 353 g/mol. The molecule has 1 aromatic heterocycles. The second kappa shape index (κ2) is 7.69. The summed E-state index contributed by atoms with van der Waals surface area (Å²) in [4.78, 5) is 38.6. The van der Waals surface area contributed by atoms with Crippen molar-refractivity contribution in [1.29, 1.82) is 0 Å². The molecule has 24 heavy (non-hydrogen) atoms. The van der Waals surface area contributed by atoms with E-state index in [9.17, 15) is 14.4 Å². The zero-order valence-electron chi connectivity index (χ0n) is 13.0. The first-order chi connectivity index (χ1) is 11.4. The molecule has 0 radical (unpaired) electrons. The lowest BCUT2D eigenvalue weighted by Gasteiger charge is -2.16. The number of carbonyl (C=O) groups is 1. The van der Waals surface area contributed by atoms with Crippen LogP contribution in [0.2, 0.25) is 5.02 Å². The van der Waals surface area contributed by atoms with Crippen LogP contribution in [0.3, 0.4) is 0 Å². The molecule has 1 unspecified atom stereocenters. The van der Waals surface area contributed by atoms with Gasteiger partial charge in [-0.3, -0.25) is 14.6 Å². The minimum atomic E-state index is -0.748. The van der Waals surface area contributed by atoms with E-state index in [1.807, 2.05) is 4.98 Å². The second-order valence-corrected chi connectivity index (χ2v) is 5.42. The van der Waals surface area contributed by atoms with E-state index in [1.54, 1.807) is 25.1 Å². The summed E-state index contributed by atoms with van der Waals surface area (Å²) in [7, 11) is 1.49. The average Bonchev–Trinajstić information content (AvgIpc) is 2.52. The van der Waals surface area contributed by atoms with Crippen LogP contribution in [0.4, 0.5) is 0 Å². The Bertz CT molecular complexity index is 817. The van der Waals surface area contributed by atoms with Crippen LogP contribution in [-0.4, -0.2) is 35.6 Å². The maximum Gasteiger partial charge on any atom is 0.326 e. The molecule has 0 spiro atoms. The summed E-state index contributed by atoms with van der Waals surface area (Å²) in [5, 5.41) is 3.13. The third kappa shape index (κ3) is 4.63. The van der Waals surface area contributed by atoms with Crippen molar-refractivity contribution in [1.82, 2.24) is 15.3 Å². The average molecular weight is 354 g/mol. The van der Waals surface area contributed by atoms with E-state index in [2.05, 4.69) is 10.3 Å². The van der Waals surface area contributed by atoms with Gasteiger partial charge in [0.25, 0.3) is 11.5 Å². The topological polar surface area (TPSA) is 113 Å². The molecule has 9 heteroatoms. The molecule has 0 fully saturated rings. The molecule has 0 bridgehead atoms. The number of carbonyl (C=O) groups excluding carboxylic acids is 1. The number of hydrogen-bond acceptors (Lipinski definition) is 5. The van der Waals surface area contributed by atoms with Crippen molar-refractivity contribution in [2.24, 2.45) is 0 Å². The van der Waals surface area contributed by atoms with Gasteiger partial charge in [0.15, 0.2) is 11.5 Å². The second-order valence-electron chi connectivity index (χ2n) is 4.98. The van der Waals surface area contributed by atoms with Gasteiger partial charge in [-0.15, -0.1) is 0 Å². The lowest BCUT2D eigenvalue weighted by atomic mass is 10.3. The maximum absolute atomic E-state index is 12.0. The van der Waals surface area contributed by atoms with Gasteiger partial charge in [-0.1, -0.05) is 11.6 Å². The standard InChI is InChI=1S/C15H16ClN3O5/c1-8(7-24-11-4-3-9(16)5-12(11)23-2)17-14(21)10-6-13(20)19-15(22)18-10/h3-6,8H,7H2,1-2H3,(H,17,21)(H2,18,19,20,22). The van der Waals surface area contributed by atoms with Crippen LogP contribution in [0.5, 0.6) is 11.5 Å². The van der Waals surface area contributed by atoms with E-state index < -0.39 is 17.2 Å². The molecule has 0 aliphatic carbocycles. The van der Waals surface area contributed by atoms with Crippen molar-refractivity contribution in [2.45, 2.75) is 13.0 Å². The van der Waals surface area contributed by atoms with Crippen LogP contribution < -0.4 is 26.0 Å². The molecule has 2 rings (SSSR count). The summed E-state index contributed by atoms with van der Waals surface area (Å²) in [6, 6.07) is 5.54. The number of rotatable bonds is 6. The van der Waals surface area contributed by atoms with E-state index in [1.165, 1.54) is 7.11 Å². The number of methoxy groups -OCH3 is 1. The predicted octanol–water partition coefficient (Wildman–Crippen LogP) is 0.922. The summed E-state index contributed by atoms with van der Waals surface area (Å²) >= 11 is 5.87. The van der Waals surface area contributed by atoms with Crippen LogP contribution >= 0.6 is 11.6 Å². The van der Waals surface area contributed by atoms with Crippen LogP contribution in [0.25, 0.3) is 0 Å². The molecule has 3 N–H and O–H groups in total. The Labute approximate surface area is 141 Å². The molecule has 2 aromatic rings. The van der Waals surface area contributed by atoms with E-state index in [0.717, 1.165) is 6.07 Å². The normalized spacial score (nSPS) is 11.6. The van der Waals surface area contributed by atoms with Crippen molar-refractivity contribution in [3.05, 3.63) is 55.8 Å². The van der Waals surface area contributed by atoms with Crippen molar-refractivity contribution in [2.75, 3.05) is 13.7 Å². The van der Waals surface area contributed by atoms with Gasteiger partial charge in [0.2, 0.25) is 0 Å². The minimum absolute atomic E-state index is 0.125. The van der Waals surface area contributed by atoms with Gasteiger partial charge in [-0.25, -0.2) is 4.79 Å². The Morgan fingerprint density at radius 1 is 1.25 bits per heavy atom. The van der Waals surface area contributed by atoms with Gasteiger partial charge < -0.3 is 19.8 Å². The highest BCUT2D eigenvalue weighted by molar-refractivity contribution is 6.30. The number of benzene rings is 1. The van der Waals surface area contributed by atoms with Gasteiger partial charge in [0.05, 0.1) is 13.2 Å². The summed E-state index contributed by atoms with van der Waals surface area (Å²) in [6.07, 6.45) is 0. The van der Waals surface area contributed by atoms with E-state index in [-0.39, 0.29) is 18.3 Å². The number of H-pyrrole nitrogens is 2. The molecule has 0 saturated carbocycles. The zero-order valence-corrected chi connectivity index (χ0v) is 13.8. The number of ether oxygens (including phenoxy) is 2. The number of halogens is 1. The molecule has 128 valence electrons. The summed E-state index contributed by atoms with van der Waals surface area (Å²) in [5.41, 5.74) is -1.53. The summed E-state index contributed by atoms with van der Waals surface area (Å²) < 4.78 is 10.8. The van der Waals surface area contributed by atoms with Crippen LogP contribution in [0, 0.1) is 0 Å². The Morgan fingerprint density at radius 2 is 2.00 bits per heavy atom. The predicted molar refractivity (Wildman–Crippen MR) is 88.1 cm³/mol. The molecule has 1 heterocycles. The molecule has 1 atom stereocenters. The van der Waals surface area contributed by atoms with Gasteiger partial charge in [0.1, 0.15) is 12.3 Å². The van der Waals surface area contributed by atoms with Crippen LogP contribution in [0.15, 0.2) is 33.9 Å². The third-order valence-electron chi connectivity index (χ3n) is 3.00. The van der Waals surface area contributed by atoms with E-state index in [0.29, 0.717) is 16.5 Å². The number of aromatic amines is 2. The van der Waals surface area contributed by atoms with Crippen molar-refractivity contribution in [3.63, 3.8) is 0 Å². The fourth-order valence-electron chi connectivity index (χ4n) is 1.91. The first-order valence-corrected chi connectivity index (χ1v) is 7.37. The van der Waals surface area contributed by atoms with Gasteiger partial charge >= 0.3 is 5.69 Å². The maximum atomic E-state index is 12.0. The number of aromatic nitrogens is 2. The Kier molecular flexibility index (Phi) is 5.64. The van der Waals surface area contributed by atoms with Crippen LogP contribution in [-0.2, 0) is 0 Å². The molecular weight excluding hydrogens is 338 g/mol. The zero-order chi connectivity index (χ0) is 17.7. The summed E-state index contributed by atoms with van der Waals surface area (Å²) in [5.74, 6) is 0.366. The van der Waals surface area contributed by atoms with Gasteiger partial charge in [0, 0.05) is 17.2 Å². The molecular formula is C15H16ClN3O5. The number of amides is 1. The van der Waals surface area contributed by atoms with Crippen molar-refractivity contribution in [3.8, 4) is 11.5 Å². The summed E-state index contributed by atoms with van der Waals surface area (Å²) in [6.45, 7) is 1.86. The lowest BCUT2D eigenvalue weighted by molar-refractivity contribution is 0.0920. The SMILES string of the molecule is COc1cc(Cl)ccc1OCC(C)NC(=O)c1cc(=O)[nH]c(=O)[nH]1. The molecule has 0 saturated heterocycles. The Morgan fingerprint density at radius 3 is 2.67 bits per heavy atom. The Balaban J connectivity index is 1.98. The molecule has 0 aliphatic heterocycles. The first kappa shape index (κ1) is 17.6. The van der Waals surface area contributed by atoms with Crippen molar-refractivity contribution >= 4 is 17.5 Å². The van der Waals surface area contributed by atoms with E-state index >= 15 is 0 Å². The minimum Gasteiger partial charge on any atom is -0.493 e. The Hall–Kier alpha value is -2.74. The highest BCUT2D eigenvalue weighted by atomic mass is 35.5. The molecule has 0 aliphatic rings. The molecule has 1 amide bonds. The largest absolute Gasteiger partial charge is 0.493 e. The quantitative estimate of drug-likeness (QED) is 0.714. The molecule has 8 nitrogen and oxygen atoms in total. The lowest BCUT2D eigenvalue weighted by Crippen LogP contribution is -2.39. The fourth-order valence-corrected chi connectivity index (χ4v) is 2.07. The van der Waals surface area contributed by atoms with Crippen LogP contribution in [0.1, 0.15) is 17.4 Å². The smallest absolute Gasteiger partial charge is 0.326 e. The number of hydrogen-bond donors (Lipinski definition) is 3. The van der Waals surface area contributed by atoms with Gasteiger partial charge in [-0.2, -0.15) is 0 Å². The van der Waals surface area contributed by atoms with Crippen molar-refractivity contribution < 1.29 is 14.3 Å². The van der Waals surface area contributed by atoms with E-state index in [4.69, 9.17) is 21.1 Å². The highest BCUT2D eigenvalue weighted by Gasteiger charge is 2.13. The third-order valence-corrected chi connectivity index (χ3v) is 3.23. The number of nitrogens with one attached hydrogen (secondary N) is 3. The fraction of sp³-hybridized carbons (Fsp3) is 0.267.